The van der Waals surface area contributed by atoms with Gasteiger partial charge in [0, 0.05) is 24.8 Å². The molecule has 2 aromatic rings. The maximum atomic E-state index is 12.6. The van der Waals surface area contributed by atoms with E-state index in [-0.39, 0.29) is 11.8 Å². The van der Waals surface area contributed by atoms with Crippen LogP contribution in [0, 0.1) is 0 Å². The molecule has 2 aromatic heterocycles. The number of ether oxygens (including phenoxy) is 1. The second-order valence-electron chi connectivity index (χ2n) is 4.19. The molecule has 0 aromatic carbocycles. The normalized spacial score (nSPS) is 13.9. The molecule has 0 spiro atoms. The molecule has 0 aliphatic carbocycles. The molecule has 11 heteroatoms. The molecule has 0 aliphatic heterocycles. The lowest BCUT2D eigenvalue weighted by atomic mass is 10.2. The molecular formula is C12H11F3N6O2. The van der Waals surface area contributed by atoms with Crippen molar-refractivity contribution in [3.8, 4) is 0 Å². The monoisotopic (exact) mass is 328 g/mol. The van der Waals surface area contributed by atoms with Gasteiger partial charge in [-0.15, -0.1) is 0 Å². The Morgan fingerprint density at radius 2 is 1.61 bits per heavy atom. The fourth-order valence-corrected chi connectivity index (χ4v) is 1.58. The van der Waals surface area contributed by atoms with Crippen LogP contribution in [0.2, 0.25) is 0 Å². The Morgan fingerprint density at radius 1 is 1.09 bits per heavy atom. The van der Waals surface area contributed by atoms with Crippen molar-refractivity contribution in [3.63, 3.8) is 0 Å². The average Bonchev–Trinajstić information content (AvgIpc) is 2.55. The molecule has 0 aliphatic rings. The molecule has 0 radical (unpaired) electrons. The predicted molar refractivity (Wildman–Crippen MR) is 70.6 cm³/mol. The van der Waals surface area contributed by atoms with Crippen LogP contribution in [0.4, 0.5) is 19.1 Å². The molecule has 1 unspecified atom stereocenters. The largest absolute Gasteiger partial charge is 0.491 e. The van der Waals surface area contributed by atoms with Crippen molar-refractivity contribution in [2.45, 2.75) is 11.9 Å². The number of nitrogens with zero attached hydrogens (tertiary/aromatic N) is 4. The average molecular weight is 328 g/mol. The van der Waals surface area contributed by atoms with Crippen LogP contribution >= 0.6 is 0 Å². The first-order valence-electron chi connectivity index (χ1n) is 6.20. The van der Waals surface area contributed by atoms with E-state index in [4.69, 9.17) is 5.73 Å². The number of anilines is 1. The zero-order valence-electron chi connectivity index (χ0n) is 11.5. The number of carbonyl (C=O) groups is 1. The van der Waals surface area contributed by atoms with Gasteiger partial charge in [0.1, 0.15) is 0 Å². The SMILES string of the molecule is NCC(Nc1ncccn1)(OC(=O)C(F)(F)F)c1ncccn1. The number of halogens is 3. The number of carbonyl (C=O) groups excluding carboxylic acids is 1. The lowest BCUT2D eigenvalue weighted by molar-refractivity contribution is -0.212. The molecular weight excluding hydrogens is 317 g/mol. The summed E-state index contributed by atoms with van der Waals surface area (Å²) in [6, 6.07) is 2.94. The zero-order valence-corrected chi connectivity index (χ0v) is 11.5. The molecule has 2 heterocycles. The number of nitrogens with two attached hydrogens (primary N) is 1. The first-order valence-corrected chi connectivity index (χ1v) is 6.20. The number of hydrogen-bond donors (Lipinski definition) is 2. The van der Waals surface area contributed by atoms with E-state index in [0.29, 0.717) is 0 Å². The first-order chi connectivity index (χ1) is 10.9. The highest BCUT2D eigenvalue weighted by Crippen LogP contribution is 2.27. The van der Waals surface area contributed by atoms with Crippen molar-refractivity contribution in [1.29, 1.82) is 0 Å². The van der Waals surface area contributed by atoms with Crippen LogP contribution in [0.1, 0.15) is 5.82 Å². The fourth-order valence-electron chi connectivity index (χ4n) is 1.58. The van der Waals surface area contributed by atoms with E-state index in [1.54, 1.807) is 0 Å². The summed E-state index contributed by atoms with van der Waals surface area (Å²) < 4.78 is 42.2. The van der Waals surface area contributed by atoms with Crippen molar-refractivity contribution in [3.05, 3.63) is 42.7 Å². The van der Waals surface area contributed by atoms with Gasteiger partial charge in [0.15, 0.2) is 5.82 Å². The van der Waals surface area contributed by atoms with Crippen LogP contribution < -0.4 is 11.1 Å². The van der Waals surface area contributed by atoms with Crippen molar-refractivity contribution in [2.24, 2.45) is 5.73 Å². The van der Waals surface area contributed by atoms with E-state index in [2.05, 4.69) is 30.0 Å². The summed E-state index contributed by atoms with van der Waals surface area (Å²) in [4.78, 5) is 26.5. The van der Waals surface area contributed by atoms with Crippen molar-refractivity contribution in [2.75, 3.05) is 11.9 Å². The number of alkyl halides is 3. The second-order valence-corrected chi connectivity index (χ2v) is 4.19. The molecule has 0 bridgehead atoms. The quantitative estimate of drug-likeness (QED) is 0.605. The van der Waals surface area contributed by atoms with Crippen LogP contribution in [-0.4, -0.2) is 38.6 Å². The summed E-state index contributed by atoms with van der Waals surface area (Å²) in [6.45, 7) is -0.586. The maximum Gasteiger partial charge on any atom is 0.491 e. The van der Waals surface area contributed by atoms with Crippen LogP contribution in [0.3, 0.4) is 0 Å². The maximum absolute atomic E-state index is 12.6. The third kappa shape index (κ3) is 3.88. The van der Waals surface area contributed by atoms with Gasteiger partial charge in [-0.05, 0) is 12.1 Å². The lowest BCUT2D eigenvalue weighted by Gasteiger charge is -2.31. The van der Waals surface area contributed by atoms with Crippen LogP contribution in [-0.2, 0) is 15.3 Å². The summed E-state index contributed by atoms with van der Waals surface area (Å²) in [5.41, 5.74) is 3.37. The number of esters is 1. The molecule has 3 N–H and O–H groups in total. The standard InChI is InChI=1S/C12H11F3N6O2/c13-12(14,15)9(22)23-11(7-16,8-17-3-1-4-18-8)21-10-19-5-2-6-20-10/h1-6H,7,16H2,(H,19,20,21). The molecule has 0 saturated carbocycles. The third-order valence-corrected chi connectivity index (χ3v) is 2.59. The van der Waals surface area contributed by atoms with E-state index in [9.17, 15) is 18.0 Å². The molecule has 2 rings (SSSR count). The summed E-state index contributed by atoms with van der Waals surface area (Å²) in [5, 5.41) is 2.45. The Bertz CT molecular complexity index is 655. The molecule has 0 saturated heterocycles. The van der Waals surface area contributed by atoms with Crippen LogP contribution in [0.25, 0.3) is 0 Å². The van der Waals surface area contributed by atoms with Gasteiger partial charge >= 0.3 is 12.1 Å². The van der Waals surface area contributed by atoms with Gasteiger partial charge in [-0.2, -0.15) is 13.2 Å². The summed E-state index contributed by atoms with van der Waals surface area (Å²) in [6.07, 6.45) is -0.0000955. The first kappa shape index (κ1) is 16.5. The van der Waals surface area contributed by atoms with E-state index in [1.165, 1.54) is 36.9 Å². The molecule has 0 fully saturated rings. The van der Waals surface area contributed by atoms with Crippen molar-refractivity contribution >= 4 is 11.9 Å². The van der Waals surface area contributed by atoms with Gasteiger partial charge < -0.3 is 15.8 Å². The highest BCUT2D eigenvalue weighted by molar-refractivity contribution is 5.76. The Morgan fingerprint density at radius 3 is 2.09 bits per heavy atom. The molecule has 0 amide bonds. The minimum absolute atomic E-state index is 0.111. The minimum Gasteiger partial charge on any atom is -0.423 e. The van der Waals surface area contributed by atoms with Gasteiger partial charge in [0.2, 0.25) is 5.95 Å². The van der Waals surface area contributed by atoms with Crippen molar-refractivity contribution < 1.29 is 22.7 Å². The minimum atomic E-state index is -5.21. The van der Waals surface area contributed by atoms with E-state index >= 15 is 0 Å². The second kappa shape index (κ2) is 6.52. The zero-order chi connectivity index (χ0) is 16.9. The third-order valence-electron chi connectivity index (χ3n) is 2.59. The van der Waals surface area contributed by atoms with Gasteiger partial charge in [-0.25, -0.2) is 24.7 Å². The van der Waals surface area contributed by atoms with E-state index in [1.807, 2.05) is 0 Å². The smallest absolute Gasteiger partial charge is 0.423 e. The van der Waals surface area contributed by atoms with Crippen LogP contribution in [0.15, 0.2) is 36.9 Å². The Kier molecular flexibility index (Phi) is 4.69. The summed E-state index contributed by atoms with van der Waals surface area (Å²) in [7, 11) is 0. The molecule has 23 heavy (non-hydrogen) atoms. The van der Waals surface area contributed by atoms with E-state index in [0.717, 1.165) is 0 Å². The number of nitrogens with one attached hydrogen (secondary N) is 1. The Labute approximate surface area is 127 Å². The molecule has 8 nitrogen and oxygen atoms in total. The van der Waals surface area contributed by atoms with E-state index < -0.39 is 24.4 Å². The lowest BCUT2D eigenvalue weighted by Crippen LogP contribution is -2.50. The Balaban J connectivity index is 2.42. The topological polar surface area (TPSA) is 116 Å². The highest BCUT2D eigenvalue weighted by Gasteiger charge is 2.48. The highest BCUT2D eigenvalue weighted by atomic mass is 19.4. The van der Waals surface area contributed by atoms with Gasteiger partial charge in [0.25, 0.3) is 5.72 Å². The number of rotatable bonds is 5. The van der Waals surface area contributed by atoms with Gasteiger partial charge in [-0.1, -0.05) is 0 Å². The van der Waals surface area contributed by atoms with Crippen LogP contribution in [0.5, 0.6) is 0 Å². The fraction of sp³-hybridized carbons (Fsp3) is 0.250. The summed E-state index contributed by atoms with van der Waals surface area (Å²) >= 11 is 0. The Hall–Kier alpha value is -2.82. The molecule has 122 valence electrons. The number of aromatic nitrogens is 4. The summed E-state index contributed by atoms with van der Waals surface area (Å²) in [5.74, 6) is -2.83. The van der Waals surface area contributed by atoms with Crippen molar-refractivity contribution in [1.82, 2.24) is 19.9 Å². The van der Waals surface area contributed by atoms with Gasteiger partial charge in [-0.3, -0.25) is 0 Å². The molecule has 1 atom stereocenters. The predicted octanol–water partition coefficient (Wildman–Crippen LogP) is 0.596. The van der Waals surface area contributed by atoms with Gasteiger partial charge in [0.05, 0.1) is 6.54 Å². The number of hydrogen-bond acceptors (Lipinski definition) is 8.